The topological polar surface area (TPSA) is 31.4 Å². The van der Waals surface area contributed by atoms with E-state index in [2.05, 4.69) is 122 Å². The molecule has 0 saturated carbocycles. The fourth-order valence-electron chi connectivity index (χ4n) is 4.11. The Morgan fingerprint density at radius 1 is 0.703 bits per heavy atom. The van der Waals surface area contributed by atoms with E-state index in [1.165, 1.54) is 33.4 Å². The Bertz CT molecular complexity index is 1200. The molecule has 1 aromatic heterocycles. The average Bonchev–Trinajstić information content (AvgIpc) is 2.74. The molecule has 3 rings (SSSR count). The average molecular weight is 580 g/mol. The molecule has 0 fully saturated rings. The van der Waals surface area contributed by atoms with Gasteiger partial charge in [0.15, 0.2) is 0 Å². The van der Waals surface area contributed by atoms with Crippen LogP contribution in [0.3, 0.4) is 0 Å². The maximum atomic E-state index is 6.84. The molecule has 0 aliphatic heterocycles. The quantitative estimate of drug-likeness (QED) is 0.283. The molecule has 0 aliphatic rings. The maximum Gasteiger partial charge on any atom is -0.147 e. The number of hydrogen-bond donors (Lipinski definition) is 0. The Balaban J connectivity index is 0.00000342. The molecule has 0 saturated heterocycles. The summed E-state index contributed by atoms with van der Waals surface area (Å²) in [4.78, 5) is 4.63. The molecule has 1 heterocycles. The van der Waals surface area contributed by atoms with E-state index in [1.54, 1.807) is 0 Å². The maximum absolute atomic E-state index is 6.84. The smallest absolute Gasteiger partial charge is 0.147 e. The molecule has 37 heavy (non-hydrogen) atoms. The summed E-state index contributed by atoms with van der Waals surface area (Å²) < 4.78 is 15.9. The Labute approximate surface area is 243 Å². The van der Waals surface area contributed by atoms with Crippen LogP contribution in [0.5, 0.6) is 11.5 Å². The standard InChI is InChI=1S/2C11H16O.C9H11N.2ClH.Ti/c2*1-8-5-6-10(12)9(7-8)11(2,3)4;1-6-5-10-9(4)8(3)7(6)2;;;/h2*5-7,12H,1-4H3;3,5H,1-2,4H3;2*1H;/q;;;;;+2/p-2. The van der Waals surface area contributed by atoms with E-state index in [9.17, 15) is 0 Å². The van der Waals surface area contributed by atoms with Crippen LogP contribution in [-0.4, -0.2) is 9.30 Å². The summed E-state index contributed by atoms with van der Waals surface area (Å²) in [5, 5.41) is 0. The molecule has 6 heteroatoms. The summed E-state index contributed by atoms with van der Waals surface area (Å²) in [6, 6.07) is 12.9. The Hall–Kier alpha value is -1.65. The minimum Gasteiger partial charge on any atom is -0.147 e. The molecule has 202 valence electrons. The van der Waals surface area contributed by atoms with Crippen LogP contribution in [0.1, 0.15) is 86.2 Å². The number of benzene rings is 2. The van der Waals surface area contributed by atoms with Crippen molar-refractivity contribution in [3.8, 4) is 11.5 Å². The molecule has 0 aliphatic carbocycles. The van der Waals surface area contributed by atoms with Gasteiger partial charge < -0.3 is 0 Å². The van der Waals surface area contributed by atoms with Crippen molar-refractivity contribution < 1.29 is 24.8 Å². The van der Waals surface area contributed by atoms with Crippen LogP contribution in [0.2, 0.25) is 0 Å². The molecule has 0 atom stereocenters. The molecule has 3 aromatic rings. The number of halogens is 2. The third-order valence-corrected chi connectivity index (χ3v) is 8.54. The summed E-state index contributed by atoms with van der Waals surface area (Å²) in [6.45, 7) is 24.0. The fourth-order valence-corrected chi connectivity index (χ4v) is 6.62. The Morgan fingerprint density at radius 2 is 1.14 bits per heavy atom. The zero-order valence-corrected chi connectivity index (χ0v) is 27.4. The minimum atomic E-state index is -2.74. The van der Waals surface area contributed by atoms with E-state index in [4.69, 9.17) is 6.64 Å². The molecule has 2 aromatic carbocycles. The first-order chi connectivity index (χ1) is 16.2. The van der Waals surface area contributed by atoms with Crippen molar-refractivity contribution in [1.82, 2.24) is 4.98 Å². The molecule has 0 bridgehead atoms. The minimum absolute atomic E-state index is 0. The SMILES string of the molecule is Cc1ccc([O][Ti](=[CH]c2c(C)ncc(C)c2C)[O]c2ccc(C)cc2C(C)(C)C)c(C(C)(C)C)c1.Cl.Cl. The van der Waals surface area contributed by atoms with Gasteiger partial charge in [0, 0.05) is 0 Å². The second-order valence-electron chi connectivity index (χ2n) is 11.7. The molecular weight excluding hydrogens is 537 g/mol. The normalized spacial score (nSPS) is 11.2. The molecule has 0 amide bonds. The monoisotopic (exact) mass is 579 g/mol. The molecule has 0 radical (unpaired) electrons. The van der Waals surface area contributed by atoms with E-state index in [1.807, 2.05) is 6.20 Å². The zero-order chi connectivity index (χ0) is 26.1. The first-order valence-corrected chi connectivity index (χ1v) is 14.6. The second-order valence-corrected chi connectivity index (χ2v) is 13.8. The molecular formula is C31H43Cl2NO2Ti. The van der Waals surface area contributed by atoms with Crippen LogP contribution < -0.4 is 6.64 Å². The van der Waals surface area contributed by atoms with Gasteiger partial charge in [0.2, 0.25) is 0 Å². The van der Waals surface area contributed by atoms with Crippen molar-refractivity contribution in [2.75, 3.05) is 0 Å². The van der Waals surface area contributed by atoms with E-state index in [0.29, 0.717) is 0 Å². The zero-order valence-electron chi connectivity index (χ0n) is 24.2. The van der Waals surface area contributed by atoms with E-state index in [-0.39, 0.29) is 35.6 Å². The second kappa shape index (κ2) is 12.9. The number of aryl methyl sites for hydroxylation is 4. The number of aromatic nitrogens is 1. The van der Waals surface area contributed by atoms with Gasteiger partial charge in [-0.1, -0.05) is 0 Å². The summed E-state index contributed by atoms with van der Waals surface area (Å²) in [5.74, 6) is 1.82. The number of pyridine rings is 1. The summed E-state index contributed by atoms with van der Waals surface area (Å²) in [6.07, 6.45) is 1.94. The van der Waals surface area contributed by atoms with E-state index in [0.717, 1.165) is 22.8 Å². The largest absolute Gasteiger partial charge is 0.147 e. The van der Waals surface area contributed by atoms with Crippen LogP contribution in [0, 0.1) is 34.6 Å². The summed E-state index contributed by atoms with van der Waals surface area (Å²) in [7, 11) is 0. The van der Waals surface area contributed by atoms with Gasteiger partial charge in [-0.05, 0) is 0 Å². The van der Waals surface area contributed by atoms with Crippen LogP contribution in [0.15, 0.2) is 42.6 Å². The van der Waals surface area contributed by atoms with Crippen LogP contribution in [0.25, 0.3) is 0 Å². The van der Waals surface area contributed by atoms with E-state index < -0.39 is 18.2 Å². The van der Waals surface area contributed by atoms with Gasteiger partial charge in [0.1, 0.15) is 0 Å². The summed E-state index contributed by atoms with van der Waals surface area (Å²) >= 11 is -2.74. The van der Waals surface area contributed by atoms with Gasteiger partial charge in [-0.15, -0.1) is 24.8 Å². The van der Waals surface area contributed by atoms with Crippen molar-refractivity contribution in [3.05, 3.63) is 87.2 Å². The van der Waals surface area contributed by atoms with E-state index >= 15 is 0 Å². The predicted molar refractivity (Wildman–Crippen MR) is 159 cm³/mol. The summed E-state index contributed by atoms with van der Waals surface area (Å²) in [5.41, 5.74) is 9.34. The van der Waals surface area contributed by atoms with Crippen molar-refractivity contribution in [3.63, 3.8) is 0 Å². The Morgan fingerprint density at radius 3 is 1.54 bits per heavy atom. The third-order valence-electron chi connectivity index (χ3n) is 6.41. The van der Waals surface area contributed by atoms with Gasteiger partial charge in [-0.3, -0.25) is 0 Å². The van der Waals surface area contributed by atoms with Gasteiger partial charge in [0.05, 0.1) is 0 Å². The number of rotatable bonds is 5. The number of nitrogens with zero attached hydrogens (tertiary/aromatic N) is 1. The molecule has 0 N–H and O–H groups in total. The van der Waals surface area contributed by atoms with Crippen LogP contribution >= 0.6 is 24.8 Å². The van der Waals surface area contributed by atoms with Crippen LogP contribution in [0.4, 0.5) is 0 Å². The molecule has 0 spiro atoms. The first-order valence-electron chi connectivity index (χ1n) is 12.4. The Kier molecular flexibility index (Phi) is 11.7. The van der Waals surface area contributed by atoms with Gasteiger partial charge in [-0.25, -0.2) is 0 Å². The van der Waals surface area contributed by atoms with Gasteiger partial charge in [-0.2, -0.15) is 0 Å². The van der Waals surface area contributed by atoms with Crippen molar-refractivity contribution in [2.24, 2.45) is 0 Å². The van der Waals surface area contributed by atoms with Gasteiger partial charge >= 0.3 is 220 Å². The predicted octanol–water partition coefficient (Wildman–Crippen LogP) is 8.82. The molecule has 3 nitrogen and oxygen atoms in total. The van der Waals surface area contributed by atoms with Crippen molar-refractivity contribution in [2.45, 2.75) is 87.0 Å². The van der Waals surface area contributed by atoms with Crippen molar-refractivity contribution in [1.29, 1.82) is 0 Å². The number of hydrogen-bond acceptors (Lipinski definition) is 3. The van der Waals surface area contributed by atoms with Crippen LogP contribution in [-0.2, 0) is 29.0 Å². The van der Waals surface area contributed by atoms with Crippen molar-refractivity contribution >= 4 is 29.1 Å². The fraction of sp³-hybridized carbons (Fsp3) is 0.419. The van der Waals surface area contributed by atoms with Gasteiger partial charge in [0.25, 0.3) is 0 Å². The third kappa shape index (κ3) is 8.42. The first kappa shape index (κ1) is 33.4. The molecule has 0 unspecified atom stereocenters.